The van der Waals surface area contributed by atoms with Gasteiger partial charge in [-0.15, -0.1) is 11.3 Å². The molecule has 0 aromatic carbocycles. The Morgan fingerprint density at radius 1 is 1.88 bits per heavy atom. The molecular formula is C4H7N3S. The average Bonchev–Trinajstić information content (AvgIpc) is 2.14. The Bertz CT molecular complexity index is 172. The molecule has 0 spiro atoms. The summed E-state index contributed by atoms with van der Waals surface area (Å²) in [5.41, 5.74) is 2.46. The van der Waals surface area contributed by atoms with Gasteiger partial charge in [-0.05, 0) is 6.92 Å². The monoisotopic (exact) mass is 129 g/mol. The Morgan fingerprint density at radius 3 is 2.88 bits per heavy atom. The van der Waals surface area contributed by atoms with Crippen molar-refractivity contribution in [2.75, 3.05) is 5.43 Å². The molecule has 0 aliphatic heterocycles. The minimum Gasteiger partial charge on any atom is -0.300 e. The summed E-state index contributed by atoms with van der Waals surface area (Å²) in [5, 5.41) is 0.766. The van der Waals surface area contributed by atoms with E-state index in [1.54, 1.807) is 17.5 Å². The van der Waals surface area contributed by atoms with Gasteiger partial charge in [0.1, 0.15) is 0 Å². The molecule has 1 heterocycles. The predicted octanol–water partition coefficient (Wildman–Crippen LogP) is 0.737. The predicted molar refractivity (Wildman–Crippen MR) is 34.7 cm³/mol. The standard InChI is InChI=1S/C4H7N3S/c1-3-2-6-4(7-5)8-3/h2H,5H2,1H3,(H,6,7). The minimum absolute atomic E-state index is 0.766. The van der Waals surface area contributed by atoms with Crippen LogP contribution in [0, 0.1) is 6.92 Å². The maximum Gasteiger partial charge on any atom is 0.197 e. The second-order valence-corrected chi connectivity index (χ2v) is 2.66. The van der Waals surface area contributed by atoms with Crippen molar-refractivity contribution in [3.8, 4) is 0 Å². The number of aryl methyl sites for hydroxylation is 1. The van der Waals surface area contributed by atoms with E-state index >= 15 is 0 Å². The molecule has 0 bridgehead atoms. The van der Waals surface area contributed by atoms with E-state index < -0.39 is 0 Å². The highest BCUT2D eigenvalue weighted by Gasteiger charge is 1.90. The summed E-state index contributed by atoms with van der Waals surface area (Å²) in [4.78, 5) is 5.08. The van der Waals surface area contributed by atoms with E-state index in [1.807, 2.05) is 6.92 Å². The van der Waals surface area contributed by atoms with Crippen molar-refractivity contribution in [2.24, 2.45) is 5.84 Å². The number of nitrogens with zero attached hydrogens (tertiary/aromatic N) is 1. The number of hydrogen-bond acceptors (Lipinski definition) is 4. The van der Waals surface area contributed by atoms with E-state index in [0.29, 0.717) is 0 Å². The lowest BCUT2D eigenvalue weighted by Gasteiger charge is -1.85. The quantitative estimate of drug-likeness (QED) is 0.434. The number of nitrogens with one attached hydrogen (secondary N) is 1. The summed E-state index contributed by atoms with van der Waals surface area (Å²) < 4.78 is 0. The molecule has 4 heteroatoms. The lowest BCUT2D eigenvalue weighted by molar-refractivity contribution is 1.28. The molecule has 1 aromatic heterocycles. The maximum atomic E-state index is 5.06. The van der Waals surface area contributed by atoms with Crippen molar-refractivity contribution in [2.45, 2.75) is 6.92 Å². The van der Waals surface area contributed by atoms with Crippen LogP contribution in [0.25, 0.3) is 0 Å². The van der Waals surface area contributed by atoms with Crippen LogP contribution in [0.4, 0.5) is 5.13 Å². The summed E-state index contributed by atoms with van der Waals surface area (Å²) in [6.45, 7) is 1.98. The number of nitrogen functional groups attached to an aromatic ring is 1. The van der Waals surface area contributed by atoms with Gasteiger partial charge in [-0.3, -0.25) is 5.43 Å². The molecule has 0 aliphatic rings. The van der Waals surface area contributed by atoms with Gasteiger partial charge in [0.25, 0.3) is 0 Å². The zero-order chi connectivity index (χ0) is 5.98. The molecule has 0 saturated carbocycles. The third-order valence-electron chi connectivity index (χ3n) is 0.745. The average molecular weight is 129 g/mol. The zero-order valence-corrected chi connectivity index (χ0v) is 5.33. The number of thiazole rings is 1. The van der Waals surface area contributed by atoms with Crippen LogP contribution in [0.1, 0.15) is 4.88 Å². The number of rotatable bonds is 1. The first-order chi connectivity index (χ1) is 3.83. The van der Waals surface area contributed by atoms with Gasteiger partial charge in [0.05, 0.1) is 0 Å². The maximum absolute atomic E-state index is 5.06. The highest BCUT2D eigenvalue weighted by molar-refractivity contribution is 7.15. The lowest BCUT2D eigenvalue weighted by atomic mass is 10.7. The number of hydrogen-bond donors (Lipinski definition) is 2. The van der Waals surface area contributed by atoms with Crippen molar-refractivity contribution < 1.29 is 0 Å². The summed E-state index contributed by atoms with van der Waals surface area (Å²) in [5.74, 6) is 5.06. The fourth-order valence-electron chi connectivity index (χ4n) is 0.421. The van der Waals surface area contributed by atoms with E-state index in [-0.39, 0.29) is 0 Å². The fourth-order valence-corrected chi connectivity index (χ4v) is 0.996. The molecule has 0 unspecified atom stereocenters. The highest BCUT2D eigenvalue weighted by atomic mass is 32.1. The molecular weight excluding hydrogens is 122 g/mol. The number of hydrazine groups is 1. The van der Waals surface area contributed by atoms with E-state index in [4.69, 9.17) is 5.84 Å². The van der Waals surface area contributed by atoms with Crippen molar-refractivity contribution in [3.05, 3.63) is 11.1 Å². The van der Waals surface area contributed by atoms with Crippen LogP contribution in [0.15, 0.2) is 6.20 Å². The molecule has 0 atom stereocenters. The topological polar surface area (TPSA) is 50.9 Å². The molecule has 0 fully saturated rings. The normalized spacial score (nSPS) is 9.25. The second kappa shape index (κ2) is 2.11. The van der Waals surface area contributed by atoms with Crippen LogP contribution in [-0.4, -0.2) is 4.98 Å². The number of aromatic nitrogens is 1. The minimum atomic E-state index is 0.766. The summed E-state index contributed by atoms with van der Waals surface area (Å²) in [7, 11) is 0. The van der Waals surface area contributed by atoms with Crippen LogP contribution < -0.4 is 11.3 Å². The molecule has 0 aliphatic carbocycles. The molecule has 3 nitrogen and oxygen atoms in total. The van der Waals surface area contributed by atoms with Crippen LogP contribution in [0.2, 0.25) is 0 Å². The Kier molecular flexibility index (Phi) is 1.45. The first kappa shape index (κ1) is 5.53. The smallest absolute Gasteiger partial charge is 0.197 e. The SMILES string of the molecule is Cc1cnc(NN)s1. The van der Waals surface area contributed by atoms with Crippen molar-refractivity contribution >= 4 is 16.5 Å². The van der Waals surface area contributed by atoms with Gasteiger partial charge in [-0.25, -0.2) is 10.8 Å². The van der Waals surface area contributed by atoms with Gasteiger partial charge in [0.15, 0.2) is 5.13 Å². The molecule has 3 N–H and O–H groups in total. The summed E-state index contributed by atoms with van der Waals surface area (Å²) >= 11 is 1.54. The van der Waals surface area contributed by atoms with Crippen LogP contribution in [0.3, 0.4) is 0 Å². The van der Waals surface area contributed by atoms with Gasteiger partial charge in [0.2, 0.25) is 0 Å². The second-order valence-electron chi connectivity index (χ2n) is 1.42. The van der Waals surface area contributed by atoms with Crippen LogP contribution >= 0.6 is 11.3 Å². The van der Waals surface area contributed by atoms with E-state index in [2.05, 4.69) is 10.4 Å². The van der Waals surface area contributed by atoms with Gasteiger partial charge in [0, 0.05) is 11.1 Å². The van der Waals surface area contributed by atoms with Crippen LogP contribution in [-0.2, 0) is 0 Å². The van der Waals surface area contributed by atoms with Gasteiger partial charge >= 0.3 is 0 Å². The van der Waals surface area contributed by atoms with E-state index in [0.717, 1.165) is 10.0 Å². The van der Waals surface area contributed by atoms with Crippen molar-refractivity contribution in [1.82, 2.24) is 4.98 Å². The van der Waals surface area contributed by atoms with Crippen LogP contribution in [0.5, 0.6) is 0 Å². The Morgan fingerprint density at radius 2 is 2.62 bits per heavy atom. The van der Waals surface area contributed by atoms with Gasteiger partial charge in [-0.1, -0.05) is 0 Å². The third-order valence-corrected chi connectivity index (χ3v) is 1.59. The Labute approximate surface area is 51.5 Å². The van der Waals surface area contributed by atoms with Gasteiger partial charge < -0.3 is 0 Å². The van der Waals surface area contributed by atoms with E-state index in [9.17, 15) is 0 Å². The highest BCUT2D eigenvalue weighted by Crippen LogP contribution is 2.14. The molecule has 0 saturated heterocycles. The Balaban J connectivity index is 2.84. The van der Waals surface area contributed by atoms with Crippen molar-refractivity contribution in [3.63, 3.8) is 0 Å². The summed E-state index contributed by atoms with van der Waals surface area (Å²) in [6, 6.07) is 0. The first-order valence-corrected chi connectivity index (χ1v) is 3.03. The Hall–Kier alpha value is -0.610. The molecule has 1 rings (SSSR count). The van der Waals surface area contributed by atoms with Crippen molar-refractivity contribution in [1.29, 1.82) is 0 Å². The lowest BCUT2D eigenvalue weighted by Crippen LogP contribution is -2.05. The van der Waals surface area contributed by atoms with E-state index in [1.165, 1.54) is 0 Å². The largest absolute Gasteiger partial charge is 0.300 e. The third kappa shape index (κ3) is 0.962. The fraction of sp³-hybridized carbons (Fsp3) is 0.250. The molecule has 44 valence electrons. The molecule has 1 aromatic rings. The number of anilines is 1. The molecule has 0 radical (unpaired) electrons. The number of nitrogens with two attached hydrogens (primary N) is 1. The zero-order valence-electron chi connectivity index (χ0n) is 4.51. The molecule has 8 heavy (non-hydrogen) atoms. The molecule has 0 amide bonds. The van der Waals surface area contributed by atoms with Gasteiger partial charge in [-0.2, -0.15) is 0 Å². The summed E-state index contributed by atoms with van der Waals surface area (Å²) in [6.07, 6.45) is 1.78. The first-order valence-electron chi connectivity index (χ1n) is 2.22.